The van der Waals surface area contributed by atoms with Crippen molar-refractivity contribution in [3.05, 3.63) is 71.0 Å². The summed E-state index contributed by atoms with van der Waals surface area (Å²) in [5.41, 5.74) is 3.91. The zero-order valence-corrected chi connectivity index (χ0v) is 14.5. The fraction of sp³-hybridized carbons (Fsp3) is 0.211. The van der Waals surface area contributed by atoms with E-state index in [2.05, 4.69) is 46.6 Å². The normalized spacial score (nSPS) is 10.8. The van der Waals surface area contributed by atoms with Crippen LogP contribution >= 0.6 is 11.3 Å². The Hall–Kier alpha value is -2.53. The molecule has 2 heterocycles. The molecule has 3 aromatic rings. The molecular weight excluding hydrogens is 318 g/mol. The molecule has 2 aromatic heterocycles. The highest BCUT2D eigenvalue weighted by Gasteiger charge is 2.08. The van der Waals surface area contributed by atoms with Crippen LogP contribution in [0.4, 0.5) is 0 Å². The number of thiazole rings is 1. The summed E-state index contributed by atoms with van der Waals surface area (Å²) < 4.78 is 0. The number of carbonyl (C=O) groups is 1. The van der Waals surface area contributed by atoms with Gasteiger partial charge in [0.15, 0.2) is 0 Å². The Balaban J connectivity index is 1.63. The third-order valence-corrected chi connectivity index (χ3v) is 4.62. The van der Waals surface area contributed by atoms with Crippen molar-refractivity contribution in [2.75, 3.05) is 0 Å². The third kappa shape index (κ3) is 3.86. The van der Waals surface area contributed by atoms with E-state index in [0.29, 0.717) is 18.0 Å². The van der Waals surface area contributed by atoms with Gasteiger partial charge in [-0.25, -0.2) is 4.98 Å². The van der Waals surface area contributed by atoms with Crippen LogP contribution in [0.3, 0.4) is 0 Å². The lowest BCUT2D eigenvalue weighted by molar-refractivity contribution is 0.0951. The van der Waals surface area contributed by atoms with Crippen LogP contribution in [0, 0.1) is 0 Å². The zero-order chi connectivity index (χ0) is 16.9. The molecule has 0 spiro atoms. The van der Waals surface area contributed by atoms with Crippen molar-refractivity contribution in [2.45, 2.75) is 26.3 Å². The number of nitrogens with one attached hydrogen (secondary N) is 1. The van der Waals surface area contributed by atoms with Crippen molar-refractivity contribution in [1.29, 1.82) is 0 Å². The molecule has 0 unspecified atom stereocenters. The van der Waals surface area contributed by atoms with Crippen molar-refractivity contribution < 1.29 is 4.79 Å². The Morgan fingerprint density at radius 3 is 2.46 bits per heavy atom. The van der Waals surface area contributed by atoms with Gasteiger partial charge in [0.1, 0.15) is 5.01 Å². The molecule has 5 heteroatoms. The molecule has 3 rings (SSSR count). The largest absolute Gasteiger partial charge is 0.348 e. The van der Waals surface area contributed by atoms with E-state index < -0.39 is 0 Å². The summed E-state index contributed by atoms with van der Waals surface area (Å²) in [6.07, 6.45) is 3.23. The second-order valence-corrected chi connectivity index (χ2v) is 6.71. The molecule has 0 aliphatic carbocycles. The molecule has 1 aromatic carbocycles. The lowest BCUT2D eigenvalue weighted by Gasteiger charge is -2.06. The maximum atomic E-state index is 12.0. The van der Waals surface area contributed by atoms with Gasteiger partial charge in [0, 0.05) is 35.4 Å². The summed E-state index contributed by atoms with van der Waals surface area (Å²) in [4.78, 5) is 20.6. The topological polar surface area (TPSA) is 54.9 Å². The summed E-state index contributed by atoms with van der Waals surface area (Å²) >= 11 is 1.67. The predicted octanol–water partition coefficient (Wildman–Crippen LogP) is 4.26. The molecule has 0 fully saturated rings. The van der Waals surface area contributed by atoms with E-state index in [4.69, 9.17) is 0 Å². The molecule has 122 valence electrons. The minimum Gasteiger partial charge on any atom is -0.348 e. The van der Waals surface area contributed by atoms with Gasteiger partial charge in [0.2, 0.25) is 0 Å². The van der Waals surface area contributed by atoms with Gasteiger partial charge in [0.05, 0.1) is 5.69 Å². The highest BCUT2D eigenvalue weighted by atomic mass is 32.1. The van der Waals surface area contributed by atoms with Crippen molar-refractivity contribution in [3.8, 4) is 10.6 Å². The van der Waals surface area contributed by atoms with Crippen molar-refractivity contribution in [2.24, 2.45) is 0 Å². The molecule has 24 heavy (non-hydrogen) atoms. The number of hydrogen-bond donors (Lipinski definition) is 1. The maximum Gasteiger partial charge on any atom is 0.251 e. The SMILES string of the molecule is CC(C)c1csc(-c2ccc(CNC(=O)c3ccncc3)cc2)n1. The van der Waals surface area contributed by atoms with E-state index in [0.717, 1.165) is 21.8 Å². The smallest absolute Gasteiger partial charge is 0.251 e. The molecule has 0 radical (unpaired) electrons. The quantitative estimate of drug-likeness (QED) is 0.757. The minimum atomic E-state index is -0.0945. The van der Waals surface area contributed by atoms with Crippen molar-refractivity contribution in [1.82, 2.24) is 15.3 Å². The van der Waals surface area contributed by atoms with E-state index in [1.54, 1.807) is 35.9 Å². The molecule has 0 saturated carbocycles. The molecule has 4 nitrogen and oxygen atoms in total. The first-order valence-corrected chi connectivity index (χ1v) is 8.74. The number of nitrogens with zero attached hydrogens (tertiary/aromatic N) is 2. The summed E-state index contributed by atoms with van der Waals surface area (Å²) in [5.74, 6) is 0.348. The van der Waals surface area contributed by atoms with Crippen LogP contribution in [-0.2, 0) is 6.54 Å². The molecule has 1 N–H and O–H groups in total. The van der Waals surface area contributed by atoms with E-state index >= 15 is 0 Å². The summed E-state index contributed by atoms with van der Waals surface area (Å²) in [5, 5.41) is 6.06. The number of aromatic nitrogens is 2. The number of amides is 1. The van der Waals surface area contributed by atoms with Crippen molar-refractivity contribution in [3.63, 3.8) is 0 Å². The maximum absolute atomic E-state index is 12.0. The molecular formula is C19H19N3OS. The molecule has 0 aliphatic heterocycles. The van der Waals surface area contributed by atoms with Crippen LogP contribution in [0.1, 0.15) is 41.4 Å². The Labute approximate surface area is 145 Å². The summed E-state index contributed by atoms with van der Waals surface area (Å²) in [6, 6.07) is 11.6. The first-order valence-electron chi connectivity index (χ1n) is 7.86. The predicted molar refractivity (Wildman–Crippen MR) is 97.0 cm³/mol. The van der Waals surface area contributed by atoms with Crippen LogP contribution in [0.15, 0.2) is 54.2 Å². The standard InChI is InChI=1S/C19H19N3OS/c1-13(2)17-12-24-19(22-17)16-5-3-14(4-6-16)11-21-18(23)15-7-9-20-10-8-15/h3-10,12-13H,11H2,1-2H3,(H,21,23). The lowest BCUT2D eigenvalue weighted by atomic mass is 10.1. The monoisotopic (exact) mass is 337 g/mol. The molecule has 0 atom stereocenters. The third-order valence-electron chi connectivity index (χ3n) is 3.71. The van der Waals surface area contributed by atoms with Crippen molar-refractivity contribution >= 4 is 17.2 Å². The molecule has 0 saturated heterocycles. The minimum absolute atomic E-state index is 0.0945. The first kappa shape index (κ1) is 16.3. The van der Waals surface area contributed by atoms with Crippen LogP contribution in [-0.4, -0.2) is 15.9 Å². The number of hydrogen-bond acceptors (Lipinski definition) is 4. The Morgan fingerprint density at radius 2 is 1.83 bits per heavy atom. The highest BCUT2D eigenvalue weighted by Crippen LogP contribution is 2.26. The van der Waals surface area contributed by atoms with E-state index in [1.165, 1.54) is 0 Å². The zero-order valence-electron chi connectivity index (χ0n) is 13.7. The van der Waals surface area contributed by atoms with E-state index in [-0.39, 0.29) is 5.91 Å². The first-order chi connectivity index (χ1) is 11.6. The number of carbonyl (C=O) groups excluding carboxylic acids is 1. The molecule has 1 amide bonds. The van der Waals surface area contributed by atoms with Gasteiger partial charge < -0.3 is 5.32 Å². The molecule has 0 aliphatic rings. The fourth-order valence-electron chi connectivity index (χ4n) is 2.24. The average molecular weight is 337 g/mol. The highest BCUT2D eigenvalue weighted by molar-refractivity contribution is 7.13. The average Bonchev–Trinajstić information content (AvgIpc) is 3.11. The van der Waals surface area contributed by atoms with Gasteiger partial charge in [-0.2, -0.15) is 0 Å². The van der Waals surface area contributed by atoms with Gasteiger partial charge in [-0.05, 0) is 23.6 Å². The van der Waals surface area contributed by atoms with Gasteiger partial charge in [-0.3, -0.25) is 9.78 Å². The van der Waals surface area contributed by atoms with Crippen LogP contribution in [0.5, 0.6) is 0 Å². The second-order valence-electron chi connectivity index (χ2n) is 5.85. The van der Waals surface area contributed by atoms with E-state index in [9.17, 15) is 4.79 Å². The Morgan fingerprint density at radius 1 is 1.12 bits per heavy atom. The van der Waals surface area contributed by atoms with Crippen LogP contribution in [0.2, 0.25) is 0 Å². The molecule has 0 bridgehead atoms. The number of benzene rings is 1. The van der Waals surface area contributed by atoms with E-state index in [1.807, 2.05) is 12.1 Å². The van der Waals surface area contributed by atoms with Crippen LogP contribution in [0.25, 0.3) is 10.6 Å². The number of pyridine rings is 1. The van der Waals surface area contributed by atoms with Crippen LogP contribution < -0.4 is 5.32 Å². The Bertz CT molecular complexity index is 810. The summed E-state index contributed by atoms with van der Waals surface area (Å²) in [6.45, 7) is 4.79. The van der Waals surface area contributed by atoms with Gasteiger partial charge in [-0.1, -0.05) is 38.1 Å². The van der Waals surface area contributed by atoms with Gasteiger partial charge >= 0.3 is 0 Å². The van der Waals surface area contributed by atoms with Gasteiger partial charge in [0.25, 0.3) is 5.91 Å². The fourth-order valence-corrected chi connectivity index (χ4v) is 3.22. The Kier molecular flexibility index (Phi) is 5.01. The second kappa shape index (κ2) is 7.36. The lowest BCUT2D eigenvalue weighted by Crippen LogP contribution is -2.22. The number of rotatable bonds is 5. The van der Waals surface area contributed by atoms with Gasteiger partial charge in [-0.15, -0.1) is 11.3 Å². The summed E-state index contributed by atoms with van der Waals surface area (Å²) in [7, 11) is 0.